The second kappa shape index (κ2) is 5.61. The van der Waals surface area contributed by atoms with Gasteiger partial charge in [0.15, 0.2) is 0 Å². The monoisotopic (exact) mass is 295 g/mol. The molecular formula is C13H12ClN2O2S. The fraction of sp³-hybridized carbons (Fsp3) is 0.0769. The molecule has 0 saturated carbocycles. The number of alkyl halides is 1. The smallest absolute Gasteiger partial charge is 0.244 e. The summed E-state index contributed by atoms with van der Waals surface area (Å²) in [5.41, 5.74) is 5.55. The Bertz CT molecular complexity index is 659. The lowest BCUT2D eigenvalue weighted by molar-refractivity contribution is 0.579. The van der Waals surface area contributed by atoms with Crippen LogP contribution in [0.5, 0.6) is 0 Å². The molecule has 0 aliphatic carbocycles. The molecule has 19 heavy (non-hydrogen) atoms. The Balaban J connectivity index is 2.26. The lowest BCUT2D eigenvalue weighted by atomic mass is 10.2. The predicted molar refractivity (Wildman–Crippen MR) is 75.0 cm³/mol. The third-order valence-electron chi connectivity index (χ3n) is 2.47. The predicted octanol–water partition coefficient (Wildman–Crippen LogP) is 2.28. The number of benzene rings is 2. The van der Waals surface area contributed by atoms with E-state index in [4.69, 9.17) is 17.3 Å². The van der Waals surface area contributed by atoms with Gasteiger partial charge >= 0.3 is 0 Å². The first-order valence-electron chi connectivity index (χ1n) is 5.48. The van der Waals surface area contributed by atoms with Crippen molar-refractivity contribution in [1.29, 1.82) is 0 Å². The molecule has 3 N–H and O–H groups in total. The van der Waals surface area contributed by atoms with Crippen LogP contribution in [-0.4, -0.2) is 8.42 Å². The third kappa shape index (κ3) is 3.26. The van der Waals surface area contributed by atoms with Crippen LogP contribution in [0.15, 0.2) is 53.4 Å². The summed E-state index contributed by atoms with van der Waals surface area (Å²) in [6.07, 6.45) is 0. The van der Waals surface area contributed by atoms with Crippen LogP contribution in [0.3, 0.4) is 0 Å². The van der Waals surface area contributed by atoms with E-state index in [9.17, 15) is 8.42 Å². The second-order valence-corrected chi connectivity index (χ2v) is 5.94. The summed E-state index contributed by atoms with van der Waals surface area (Å²) in [6, 6.07) is 16.0. The van der Waals surface area contributed by atoms with Crippen LogP contribution in [0.1, 0.15) is 11.1 Å². The molecule has 0 aliphatic heterocycles. The van der Waals surface area contributed by atoms with E-state index in [-0.39, 0.29) is 10.6 Å². The van der Waals surface area contributed by atoms with Crippen LogP contribution in [0.2, 0.25) is 0 Å². The minimum Gasteiger partial charge on any atom is -0.398 e. The van der Waals surface area contributed by atoms with Gasteiger partial charge in [0.05, 0.1) is 5.69 Å². The topological polar surface area (TPSA) is 72.2 Å². The maximum atomic E-state index is 12.1. The van der Waals surface area contributed by atoms with E-state index in [2.05, 4.69) is 10.8 Å². The first-order chi connectivity index (χ1) is 9.00. The van der Waals surface area contributed by atoms with Crippen LogP contribution in [0.4, 0.5) is 5.69 Å². The van der Waals surface area contributed by atoms with Crippen LogP contribution >= 0.6 is 11.6 Å². The highest BCUT2D eigenvalue weighted by Crippen LogP contribution is 2.22. The van der Waals surface area contributed by atoms with Gasteiger partial charge in [-0.25, -0.2) is 8.42 Å². The number of anilines is 1. The quantitative estimate of drug-likeness (QED) is 0.516. The Morgan fingerprint density at radius 3 is 2.47 bits per heavy atom. The van der Waals surface area contributed by atoms with Gasteiger partial charge in [-0.15, -0.1) is 0 Å². The molecule has 1 radical (unpaired) electrons. The Morgan fingerprint density at radius 1 is 1.16 bits per heavy atom. The fourth-order valence-corrected chi connectivity index (χ4v) is 3.18. The molecule has 4 nitrogen and oxygen atoms in total. The summed E-state index contributed by atoms with van der Waals surface area (Å²) in [6.45, 7) is 0. The summed E-state index contributed by atoms with van der Waals surface area (Å²) in [4.78, 5) is -0.100. The van der Waals surface area contributed by atoms with Crippen LogP contribution < -0.4 is 10.5 Å². The van der Waals surface area contributed by atoms with E-state index in [1.165, 1.54) is 12.1 Å². The van der Waals surface area contributed by atoms with E-state index < -0.39 is 15.5 Å². The fourth-order valence-electron chi connectivity index (χ4n) is 1.55. The molecule has 2 aromatic rings. The van der Waals surface area contributed by atoms with Gasteiger partial charge in [0.2, 0.25) is 10.0 Å². The van der Waals surface area contributed by atoms with Gasteiger partial charge in [0.1, 0.15) is 10.4 Å². The average molecular weight is 296 g/mol. The lowest BCUT2D eigenvalue weighted by Crippen LogP contribution is -2.26. The molecular weight excluding hydrogens is 284 g/mol. The summed E-state index contributed by atoms with van der Waals surface area (Å²) >= 11 is 6.05. The molecule has 0 heterocycles. The van der Waals surface area contributed by atoms with Crippen LogP contribution in [0, 0.1) is 6.07 Å². The highest BCUT2D eigenvalue weighted by Gasteiger charge is 2.21. The summed E-state index contributed by atoms with van der Waals surface area (Å²) < 4.78 is 26.6. The number of rotatable bonds is 4. The van der Waals surface area contributed by atoms with Gasteiger partial charge in [0, 0.05) is 6.07 Å². The Morgan fingerprint density at radius 2 is 1.84 bits per heavy atom. The third-order valence-corrected chi connectivity index (χ3v) is 4.40. The van der Waals surface area contributed by atoms with E-state index in [1.807, 2.05) is 6.07 Å². The zero-order valence-electron chi connectivity index (χ0n) is 9.88. The number of halogens is 1. The van der Waals surface area contributed by atoms with Crippen molar-refractivity contribution in [3.63, 3.8) is 0 Å². The molecule has 2 aromatic carbocycles. The first kappa shape index (κ1) is 13.9. The molecule has 0 fully saturated rings. The highest BCUT2D eigenvalue weighted by molar-refractivity contribution is 7.89. The molecule has 2 rings (SSSR count). The number of sulfonamides is 1. The summed E-state index contributed by atoms with van der Waals surface area (Å²) in [7, 11) is -3.80. The van der Waals surface area contributed by atoms with Gasteiger partial charge in [-0.1, -0.05) is 54.1 Å². The maximum Gasteiger partial charge on any atom is 0.244 e. The van der Waals surface area contributed by atoms with Crippen molar-refractivity contribution in [3.05, 3.63) is 60.2 Å². The highest BCUT2D eigenvalue weighted by atomic mass is 35.5. The van der Waals surface area contributed by atoms with Gasteiger partial charge in [0.25, 0.3) is 0 Å². The molecule has 0 bridgehead atoms. The SMILES string of the molecule is Nc1ccc[c]c1S(=O)(=O)N[C@@H](Cl)c1ccccc1. The van der Waals surface area contributed by atoms with Crippen molar-refractivity contribution >= 4 is 27.3 Å². The zero-order valence-corrected chi connectivity index (χ0v) is 11.4. The standard InChI is InChI=1S/C13H12ClN2O2S/c14-13(10-6-2-1-3-7-10)16-19(17,18)12-9-5-4-8-11(12)15/h1-8,13,16H,15H2/t13-/m1/s1. The maximum absolute atomic E-state index is 12.1. The average Bonchev–Trinajstić information content (AvgIpc) is 2.39. The summed E-state index contributed by atoms with van der Waals surface area (Å²) in [5.74, 6) is 0. The Kier molecular flexibility index (Phi) is 4.09. The number of nitrogens with two attached hydrogens (primary N) is 1. The van der Waals surface area contributed by atoms with Crippen LogP contribution in [-0.2, 0) is 10.0 Å². The van der Waals surface area contributed by atoms with Gasteiger partial charge in [-0.2, -0.15) is 4.72 Å². The van der Waals surface area contributed by atoms with E-state index in [1.54, 1.807) is 30.3 Å². The number of nitrogens with one attached hydrogen (secondary N) is 1. The first-order valence-corrected chi connectivity index (χ1v) is 7.40. The summed E-state index contributed by atoms with van der Waals surface area (Å²) in [5, 5.41) is 0. The molecule has 6 heteroatoms. The molecule has 0 amide bonds. The van der Waals surface area contributed by atoms with E-state index >= 15 is 0 Å². The van der Waals surface area contributed by atoms with Crippen molar-refractivity contribution < 1.29 is 8.42 Å². The second-order valence-electron chi connectivity index (χ2n) is 3.85. The Labute approximate surface area is 117 Å². The number of hydrogen-bond donors (Lipinski definition) is 2. The van der Waals surface area contributed by atoms with E-state index in [0.29, 0.717) is 5.56 Å². The van der Waals surface area contributed by atoms with Gasteiger partial charge < -0.3 is 5.73 Å². The molecule has 99 valence electrons. The van der Waals surface area contributed by atoms with Crippen molar-refractivity contribution in [2.45, 2.75) is 10.4 Å². The van der Waals surface area contributed by atoms with Gasteiger partial charge in [-0.3, -0.25) is 0 Å². The van der Waals surface area contributed by atoms with Crippen molar-refractivity contribution in [1.82, 2.24) is 4.72 Å². The molecule has 0 aromatic heterocycles. The molecule has 1 atom stereocenters. The van der Waals surface area contributed by atoms with E-state index in [0.717, 1.165) is 0 Å². The molecule has 0 saturated heterocycles. The van der Waals surface area contributed by atoms with Crippen molar-refractivity contribution in [2.24, 2.45) is 0 Å². The molecule has 0 unspecified atom stereocenters. The molecule has 0 aliphatic rings. The lowest BCUT2D eigenvalue weighted by Gasteiger charge is -2.13. The van der Waals surface area contributed by atoms with Gasteiger partial charge in [-0.05, 0) is 11.6 Å². The normalized spacial score (nSPS) is 13.1. The minimum atomic E-state index is -3.80. The zero-order chi connectivity index (χ0) is 13.9. The van der Waals surface area contributed by atoms with Crippen LogP contribution in [0.25, 0.3) is 0 Å². The Hall–Kier alpha value is -1.56. The van der Waals surface area contributed by atoms with Crippen molar-refractivity contribution in [3.8, 4) is 0 Å². The van der Waals surface area contributed by atoms with Crippen molar-refractivity contribution in [2.75, 3.05) is 5.73 Å². The molecule has 0 spiro atoms. The number of nitrogen functional groups attached to an aromatic ring is 1. The minimum absolute atomic E-state index is 0.100. The largest absolute Gasteiger partial charge is 0.398 e. The number of hydrogen-bond acceptors (Lipinski definition) is 3.